The topological polar surface area (TPSA) is 83.7 Å². The molecule has 2 N–H and O–H groups in total. The standard InChI is InChI=1S/C13H21N3O3/c1-5-10(17)16-6-9(7-16)13(19)15(4)11(8(2)3)12(14)18/h5,8-9,11H,1,6-7H2,2-4H3,(H2,14,18)/t11-/m0/s1. The Hall–Kier alpha value is -1.85. The molecule has 106 valence electrons. The maximum absolute atomic E-state index is 12.2. The number of likely N-dealkylation sites (N-methyl/N-ethyl adjacent to an activating group) is 1. The van der Waals surface area contributed by atoms with E-state index in [-0.39, 0.29) is 23.7 Å². The van der Waals surface area contributed by atoms with Crippen LogP contribution in [0.25, 0.3) is 0 Å². The van der Waals surface area contributed by atoms with Crippen LogP contribution in [0.5, 0.6) is 0 Å². The number of carbonyl (C=O) groups is 3. The van der Waals surface area contributed by atoms with Gasteiger partial charge in [0.25, 0.3) is 0 Å². The molecule has 6 heteroatoms. The van der Waals surface area contributed by atoms with E-state index in [1.54, 1.807) is 7.05 Å². The fourth-order valence-electron chi connectivity index (χ4n) is 2.34. The van der Waals surface area contributed by atoms with E-state index in [2.05, 4.69) is 6.58 Å². The number of hydrogen-bond acceptors (Lipinski definition) is 3. The molecule has 1 fully saturated rings. The molecule has 0 aromatic heterocycles. The van der Waals surface area contributed by atoms with Crippen molar-refractivity contribution in [3.8, 4) is 0 Å². The van der Waals surface area contributed by atoms with Gasteiger partial charge >= 0.3 is 0 Å². The first-order valence-electron chi connectivity index (χ1n) is 6.26. The van der Waals surface area contributed by atoms with Gasteiger partial charge in [-0.1, -0.05) is 20.4 Å². The summed E-state index contributed by atoms with van der Waals surface area (Å²) in [5.74, 6) is -1.14. The van der Waals surface area contributed by atoms with E-state index in [9.17, 15) is 14.4 Å². The average Bonchev–Trinajstić information content (AvgIpc) is 2.25. The largest absolute Gasteiger partial charge is 0.368 e. The van der Waals surface area contributed by atoms with Crippen LogP contribution in [0.3, 0.4) is 0 Å². The lowest BCUT2D eigenvalue weighted by Crippen LogP contribution is -2.59. The van der Waals surface area contributed by atoms with Gasteiger partial charge in [-0.25, -0.2) is 0 Å². The van der Waals surface area contributed by atoms with Crippen molar-refractivity contribution in [3.05, 3.63) is 12.7 Å². The normalized spacial score (nSPS) is 16.7. The highest BCUT2D eigenvalue weighted by Gasteiger charge is 2.39. The Bertz CT molecular complexity index is 400. The Labute approximate surface area is 113 Å². The zero-order valence-electron chi connectivity index (χ0n) is 11.6. The van der Waals surface area contributed by atoms with E-state index in [0.717, 1.165) is 0 Å². The summed E-state index contributed by atoms with van der Waals surface area (Å²) >= 11 is 0. The van der Waals surface area contributed by atoms with Crippen LogP contribution >= 0.6 is 0 Å². The molecule has 1 heterocycles. The van der Waals surface area contributed by atoms with Gasteiger partial charge in [0.2, 0.25) is 17.7 Å². The highest BCUT2D eigenvalue weighted by molar-refractivity contribution is 5.92. The lowest BCUT2D eigenvalue weighted by molar-refractivity contribution is -0.150. The molecule has 0 unspecified atom stereocenters. The van der Waals surface area contributed by atoms with Crippen molar-refractivity contribution in [2.24, 2.45) is 17.6 Å². The van der Waals surface area contributed by atoms with E-state index in [1.807, 2.05) is 13.8 Å². The summed E-state index contributed by atoms with van der Waals surface area (Å²) in [7, 11) is 1.58. The van der Waals surface area contributed by atoms with Crippen LogP contribution in [0, 0.1) is 11.8 Å². The molecule has 1 aliphatic heterocycles. The summed E-state index contributed by atoms with van der Waals surface area (Å²) in [6.07, 6.45) is 1.23. The molecule has 0 aromatic carbocycles. The summed E-state index contributed by atoms with van der Waals surface area (Å²) in [4.78, 5) is 37.8. The van der Waals surface area contributed by atoms with Crippen LogP contribution in [-0.2, 0) is 14.4 Å². The second-order valence-corrected chi connectivity index (χ2v) is 5.18. The number of nitrogens with zero attached hydrogens (tertiary/aromatic N) is 2. The number of likely N-dealkylation sites (tertiary alicyclic amines) is 1. The molecule has 1 rings (SSSR count). The third kappa shape index (κ3) is 3.13. The van der Waals surface area contributed by atoms with Gasteiger partial charge in [-0.3, -0.25) is 14.4 Å². The Kier molecular flexibility index (Phi) is 4.69. The van der Waals surface area contributed by atoms with Crippen LogP contribution in [0.15, 0.2) is 12.7 Å². The minimum absolute atomic E-state index is 0.0440. The minimum Gasteiger partial charge on any atom is -0.368 e. The van der Waals surface area contributed by atoms with Gasteiger partial charge in [0.1, 0.15) is 6.04 Å². The highest BCUT2D eigenvalue weighted by atomic mass is 16.2. The third-order valence-electron chi connectivity index (χ3n) is 3.40. The van der Waals surface area contributed by atoms with Gasteiger partial charge in [0.15, 0.2) is 0 Å². The maximum Gasteiger partial charge on any atom is 0.246 e. The molecular formula is C13H21N3O3. The van der Waals surface area contributed by atoms with Crippen molar-refractivity contribution < 1.29 is 14.4 Å². The second-order valence-electron chi connectivity index (χ2n) is 5.18. The van der Waals surface area contributed by atoms with Crippen molar-refractivity contribution in [1.29, 1.82) is 0 Å². The SMILES string of the molecule is C=CC(=O)N1CC(C(=O)N(C)[C@H](C(N)=O)C(C)C)C1. The molecule has 1 aliphatic rings. The minimum atomic E-state index is -0.614. The first-order chi connectivity index (χ1) is 8.79. The molecule has 1 atom stereocenters. The first-order valence-corrected chi connectivity index (χ1v) is 6.26. The zero-order valence-corrected chi connectivity index (χ0v) is 11.6. The van der Waals surface area contributed by atoms with Gasteiger partial charge < -0.3 is 15.5 Å². The van der Waals surface area contributed by atoms with Gasteiger partial charge in [-0.2, -0.15) is 0 Å². The molecule has 3 amide bonds. The fourth-order valence-corrected chi connectivity index (χ4v) is 2.34. The van der Waals surface area contributed by atoms with Crippen LogP contribution in [0.4, 0.5) is 0 Å². The number of nitrogens with two attached hydrogens (primary N) is 1. The number of hydrogen-bond donors (Lipinski definition) is 1. The maximum atomic E-state index is 12.2. The monoisotopic (exact) mass is 267 g/mol. The second kappa shape index (κ2) is 5.86. The van der Waals surface area contributed by atoms with Crippen molar-refractivity contribution in [2.45, 2.75) is 19.9 Å². The fraction of sp³-hybridized carbons (Fsp3) is 0.615. The van der Waals surface area contributed by atoms with E-state index >= 15 is 0 Å². The summed E-state index contributed by atoms with van der Waals surface area (Å²) in [5.41, 5.74) is 5.32. The van der Waals surface area contributed by atoms with Gasteiger partial charge in [0.05, 0.1) is 5.92 Å². The quantitative estimate of drug-likeness (QED) is 0.688. The summed E-state index contributed by atoms with van der Waals surface area (Å²) in [6.45, 7) is 7.82. The predicted molar refractivity (Wildman–Crippen MR) is 70.9 cm³/mol. The lowest BCUT2D eigenvalue weighted by Gasteiger charge is -2.41. The summed E-state index contributed by atoms with van der Waals surface area (Å²) < 4.78 is 0. The number of amides is 3. The van der Waals surface area contributed by atoms with Crippen LogP contribution in [0.2, 0.25) is 0 Å². The molecular weight excluding hydrogens is 246 g/mol. The van der Waals surface area contributed by atoms with Crippen molar-refractivity contribution >= 4 is 17.7 Å². The Balaban J connectivity index is 2.62. The van der Waals surface area contributed by atoms with E-state index < -0.39 is 11.9 Å². The Morgan fingerprint density at radius 2 is 1.89 bits per heavy atom. The zero-order chi connectivity index (χ0) is 14.7. The van der Waals surface area contributed by atoms with Crippen LogP contribution in [-0.4, -0.2) is 53.7 Å². The lowest BCUT2D eigenvalue weighted by atomic mass is 9.95. The van der Waals surface area contributed by atoms with Crippen LogP contribution in [0.1, 0.15) is 13.8 Å². The Morgan fingerprint density at radius 3 is 2.26 bits per heavy atom. The summed E-state index contributed by atoms with van der Waals surface area (Å²) in [5, 5.41) is 0. The van der Waals surface area contributed by atoms with Crippen molar-refractivity contribution in [1.82, 2.24) is 9.80 Å². The van der Waals surface area contributed by atoms with Gasteiger partial charge in [-0.05, 0) is 12.0 Å². The van der Waals surface area contributed by atoms with Crippen molar-refractivity contribution in [3.63, 3.8) is 0 Å². The van der Waals surface area contributed by atoms with E-state index in [4.69, 9.17) is 5.73 Å². The van der Waals surface area contributed by atoms with Crippen LogP contribution < -0.4 is 5.73 Å². The number of carbonyl (C=O) groups excluding carboxylic acids is 3. The van der Waals surface area contributed by atoms with Gasteiger partial charge in [0, 0.05) is 20.1 Å². The first kappa shape index (κ1) is 15.2. The Morgan fingerprint density at radius 1 is 1.37 bits per heavy atom. The molecule has 19 heavy (non-hydrogen) atoms. The van der Waals surface area contributed by atoms with Crippen molar-refractivity contribution in [2.75, 3.05) is 20.1 Å². The predicted octanol–water partition coefficient (Wildman–Crippen LogP) is -0.401. The number of primary amides is 1. The molecule has 0 bridgehead atoms. The summed E-state index contributed by atoms with van der Waals surface area (Å²) in [6, 6.07) is -0.614. The van der Waals surface area contributed by atoms with Gasteiger partial charge in [-0.15, -0.1) is 0 Å². The molecule has 0 aromatic rings. The van der Waals surface area contributed by atoms with E-state index in [0.29, 0.717) is 13.1 Å². The molecule has 0 saturated carbocycles. The number of rotatable bonds is 5. The third-order valence-corrected chi connectivity index (χ3v) is 3.40. The molecule has 0 radical (unpaired) electrons. The molecule has 1 saturated heterocycles. The molecule has 0 spiro atoms. The smallest absolute Gasteiger partial charge is 0.246 e. The molecule has 0 aliphatic carbocycles. The molecule has 6 nitrogen and oxygen atoms in total. The van der Waals surface area contributed by atoms with E-state index in [1.165, 1.54) is 15.9 Å². The highest BCUT2D eigenvalue weighted by Crippen LogP contribution is 2.20. The average molecular weight is 267 g/mol.